The van der Waals surface area contributed by atoms with Crippen molar-refractivity contribution in [2.75, 3.05) is 5.32 Å². The van der Waals surface area contributed by atoms with Gasteiger partial charge in [-0.2, -0.15) is 0 Å². The van der Waals surface area contributed by atoms with Crippen LogP contribution in [0, 0.1) is 6.92 Å². The average molecular weight is 349 g/mol. The molecule has 0 aliphatic carbocycles. The maximum Gasteiger partial charge on any atom is 0.272 e. The molecule has 7 heteroatoms. The average Bonchev–Trinajstić information content (AvgIpc) is 2.63. The van der Waals surface area contributed by atoms with Crippen molar-refractivity contribution < 1.29 is 4.79 Å². The Morgan fingerprint density at radius 1 is 1.44 bits per heavy atom. The van der Waals surface area contributed by atoms with Crippen molar-refractivity contribution in [3.05, 3.63) is 44.4 Å². The zero-order chi connectivity index (χ0) is 13.3. The first kappa shape index (κ1) is 13.4. The number of hydrogen-bond acceptors (Lipinski definition) is 2. The van der Waals surface area contributed by atoms with E-state index in [9.17, 15) is 4.79 Å². The molecule has 0 atom stereocenters. The van der Waals surface area contributed by atoms with Crippen LogP contribution < -0.4 is 5.32 Å². The van der Waals surface area contributed by atoms with Gasteiger partial charge in [0.2, 0.25) is 0 Å². The number of hydrogen-bond donors (Lipinski definition) is 2. The number of carbonyl (C=O) groups is 1. The minimum atomic E-state index is -0.323. The quantitative estimate of drug-likeness (QED) is 0.804. The third kappa shape index (κ3) is 2.85. The van der Waals surface area contributed by atoms with Crippen LogP contribution in [-0.4, -0.2) is 15.9 Å². The summed E-state index contributed by atoms with van der Waals surface area (Å²) in [4.78, 5) is 18.8. The molecule has 0 bridgehead atoms. The van der Waals surface area contributed by atoms with Gasteiger partial charge in [0, 0.05) is 0 Å². The summed E-state index contributed by atoms with van der Waals surface area (Å²) in [6.07, 6.45) is 0. The van der Waals surface area contributed by atoms with E-state index in [1.807, 2.05) is 0 Å². The van der Waals surface area contributed by atoms with Crippen molar-refractivity contribution in [1.82, 2.24) is 9.97 Å². The molecule has 4 nitrogen and oxygen atoms in total. The second-order valence-electron chi connectivity index (χ2n) is 3.57. The molecule has 0 aliphatic rings. The fraction of sp³-hybridized carbons (Fsp3) is 0.0909. The number of aromatic nitrogens is 2. The molecule has 2 aromatic heterocycles. The summed E-state index contributed by atoms with van der Waals surface area (Å²) < 4.78 is 0.712. The molecule has 0 fully saturated rings. The summed E-state index contributed by atoms with van der Waals surface area (Å²) in [6, 6.07) is 4.98. The van der Waals surface area contributed by atoms with Gasteiger partial charge >= 0.3 is 0 Å². The maximum atomic E-state index is 11.9. The lowest BCUT2D eigenvalue weighted by molar-refractivity contribution is 0.102. The SMILES string of the molecule is Cc1nc(Br)ccc1NC(=O)c1cc(Cl)c(Cl)[nH]1. The Hall–Kier alpha value is -1.04. The highest BCUT2D eigenvalue weighted by atomic mass is 79.9. The summed E-state index contributed by atoms with van der Waals surface area (Å²) >= 11 is 14.8. The number of H-pyrrole nitrogens is 1. The first-order valence-corrected chi connectivity index (χ1v) is 6.51. The van der Waals surface area contributed by atoms with Gasteiger partial charge in [0.1, 0.15) is 15.5 Å². The van der Waals surface area contributed by atoms with E-state index in [4.69, 9.17) is 23.2 Å². The largest absolute Gasteiger partial charge is 0.340 e. The predicted molar refractivity (Wildman–Crippen MR) is 75.4 cm³/mol. The summed E-state index contributed by atoms with van der Waals surface area (Å²) in [5.74, 6) is -0.323. The number of anilines is 1. The molecule has 2 rings (SSSR count). The number of carbonyl (C=O) groups excluding carboxylic acids is 1. The zero-order valence-electron chi connectivity index (χ0n) is 9.22. The molecule has 0 saturated carbocycles. The number of nitrogens with zero attached hydrogens (tertiary/aromatic N) is 1. The molecule has 0 aromatic carbocycles. The monoisotopic (exact) mass is 347 g/mol. The lowest BCUT2D eigenvalue weighted by Gasteiger charge is -2.06. The zero-order valence-corrected chi connectivity index (χ0v) is 12.3. The Kier molecular flexibility index (Phi) is 3.94. The van der Waals surface area contributed by atoms with E-state index in [0.29, 0.717) is 26.7 Å². The van der Waals surface area contributed by atoms with Crippen LogP contribution in [0.15, 0.2) is 22.8 Å². The summed E-state index contributed by atoms with van der Waals surface area (Å²) in [5.41, 5.74) is 1.64. The van der Waals surface area contributed by atoms with Crippen LogP contribution in [0.1, 0.15) is 16.2 Å². The normalized spacial score (nSPS) is 10.4. The third-order valence-electron chi connectivity index (χ3n) is 2.27. The van der Waals surface area contributed by atoms with Gasteiger partial charge in [-0.3, -0.25) is 4.79 Å². The van der Waals surface area contributed by atoms with Crippen molar-refractivity contribution in [1.29, 1.82) is 0 Å². The summed E-state index contributed by atoms with van der Waals surface area (Å²) in [6.45, 7) is 1.80. The predicted octanol–water partition coefficient (Wildman–Crippen LogP) is 4.04. The molecule has 94 valence electrons. The van der Waals surface area contributed by atoms with Gasteiger partial charge in [-0.1, -0.05) is 23.2 Å². The first-order valence-electron chi connectivity index (χ1n) is 4.96. The van der Waals surface area contributed by atoms with Gasteiger partial charge in [-0.05, 0) is 41.1 Å². The minimum absolute atomic E-state index is 0.243. The van der Waals surface area contributed by atoms with Crippen LogP contribution in [0.3, 0.4) is 0 Å². The second-order valence-corrected chi connectivity index (χ2v) is 5.16. The number of rotatable bonds is 2. The minimum Gasteiger partial charge on any atom is -0.340 e. The molecule has 0 spiro atoms. The van der Waals surface area contributed by atoms with E-state index < -0.39 is 0 Å². The van der Waals surface area contributed by atoms with Gasteiger partial charge in [-0.25, -0.2) is 4.98 Å². The molecular weight excluding hydrogens is 341 g/mol. The van der Waals surface area contributed by atoms with Crippen LogP contribution in [0.25, 0.3) is 0 Å². The Morgan fingerprint density at radius 2 is 2.17 bits per heavy atom. The van der Waals surface area contributed by atoms with E-state index in [1.165, 1.54) is 6.07 Å². The second kappa shape index (κ2) is 5.30. The number of aromatic amines is 1. The van der Waals surface area contributed by atoms with Crippen LogP contribution in [0.5, 0.6) is 0 Å². The molecule has 18 heavy (non-hydrogen) atoms. The van der Waals surface area contributed by atoms with Crippen LogP contribution in [0.2, 0.25) is 10.2 Å². The van der Waals surface area contributed by atoms with Crippen molar-refractivity contribution in [2.24, 2.45) is 0 Å². The highest BCUT2D eigenvalue weighted by molar-refractivity contribution is 9.10. The van der Waals surface area contributed by atoms with Crippen LogP contribution in [0.4, 0.5) is 5.69 Å². The Balaban J connectivity index is 2.21. The van der Waals surface area contributed by atoms with E-state index in [-0.39, 0.29) is 11.1 Å². The number of nitrogens with one attached hydrogen (secondary N) is 2. The third-order valence-corrected chi connectivity index (χ3v) is 3.40. The van der Waals surface area contributed by atoms with E-state index >= 15 is 0 Å². The molecule has 1 amide bonds. The summed E-state index contributed by atoms with van der Waals surface area (Å²) in [5, 5.41) is 3.28. The highest BCUT2D eigenvalue weighted by Gasteiger charge is 2.13. The Bertz CT molecular complexity index is 593. The Labute approximate surface area is 122 Å². The number of aryl methyl sites for hydroxylation is 1. The fourth-order valence-corrected chi connectivity index (χ4v) is 2.09. The van der Waals surface area contributed by atoms with Gasteiger partial charge in [-0.15, -0.1) is 0 Å². The van der Waals surface area contributed by atoms with E-state index in [1.54, 1.807) is 19.1 Å². The van der Waals surface area contributed by atoms with E-state index in [2.05, 4.69) is 31.2 Å². The molecule has 0 radical (unpaired) electrons. The molecule has 0 saturated heterocycles. The van der Waals surface area contributed by atoms with Crippen LogP contribution >= 0.6 is 39.1 Å². The van der Waals surface area contributed by atoms with E-state index in [0.717, 1.165) is 0 Å². The molecule has 2 aromatic rings. The van der Waals surface area contributed by atoms with Gasteiger partial charge in [0.25, 0.3) is 5.91 Å². The Morgan fingerprint density at radius 3 is 2.72 bits per heavy atom. The number of pyridine rings is 1. The van der Waals surface area contributed by atoms with Gasteiger partial charge in [0.15, 0.2) is 0 Å². The molecule has 0 unspecified atom stereocenters. The van der Waals surface area contributed by atoms with Crippen molar-refractivity contribution >= 4 is 50.7 Å². The smallest absolute Gasteiger partial charge is 0.272 e. The number of halogens is 3. The number of amides is 1. The standard InChI is InChI=1S/C11H8BrCl2N3O/c1-5-7(2-3-9(12)15-5)17-11(18)8-4-6(13)10(14)16-8/h2-4,16H,1H3,(H,17,18). The molecule has 2 heterocycles. The molecule has 0 aliphatic heterocycles. The lowest BCUT2D eigenvalue weighted by atomic mass is 10.3. The molecular formula is C11H8BrCl2N3O. The first-order chi connectivity index (χ1) is 8.47. The highest BCUT2D eigenvalue weighted by Crippen LogP contribution is 2.23. The summed E-state index contributed by atoms with van der Waals surface area (Å²) in [7, 11) is 0. The topological polar surface area (TPSA) is 57.8 Å². The van der Waals surface area contributed by atoms with Crippen molar-refractivity contribution in [3.8, 4) is 0 Å². The van der Waals surface area contributed by atoms with Gasteiger partial charge < -0.3 is 10.3 Å². The van der Waals surface area contributed by atoms with Crippen molar-refractivity contribution in [3.63, 3.8) is 0 Å². The van der Waals surface area contributed by atoms with Crippen molar-refractivity contribution in [2.45, 2.75) is 6.92 Å². The maximum absolute atomic E-state index is 11.9. The lowest BCUT2D eigenvalue weighted by Crippen LogP contribution is -2.13. The fourth-order valence-electron chi connectivity index (χ4n) is 1.38. The van der Waals surface area contributed by atoms with Gasteiger partial charge in [0.05, 0.1) is 16.4 Å². The molecule has 2 N–H and O–H groups in total. The van der Waals surface area contributed by atoms with Crippen LogP contribution in [-0.2, 0) is 0 Å².